The topological polar surface area (TPSA) is 64.4 Å². The minimum Gasteiger partial charge on any atom is -0.478 e. The Labute approximate surface area is 110 Å². The van der Waals surface area contributed by atoms with Crippen LogP contribution in [0.2, 0.25) is 0 Å². The third-order valence-corrected chi connectivity index (χ3v) is 3.08. The average Bonchev–Trinajstić information content (AvgIpc) is 2.24. The van der Waals surface area contributed by atoms with Crippen molar-refractivity contribution in [2.75, 3.05) is 7.05 Å². The third-order valence-electron chi connectivity index (χ3n) is 3.08. The lowest BCUT2D eigenvalue weighted by Crippen LogP contribution is -2.39. The number of carbonyl (C=O) groups is 1. The van der Waals surface area contributed by atoms with Crippen molar-refractivity contribution in [2.45, 2.75) is 46.6 Å². The standard InChI is InChI=1S/C14H24N2O2/c1-7-8-9-14(4,5)16(6)11(3)12(10(2)15)13(17)18/h8-9,15H,7H2,1-6H3,(H,17,18)/b9-8-,12-11+,15-10?. The van der Waals surface area contributed by atoms with Crippen LogP contribution in [0.4, 0.5) is 0 Å². The van der Waals surface area contributed by atoms with Crippen molar-refractivity contribution in [2.24, 2.45) is 0 Å². The zero-order valence-electron chi connectivity index (χ0n) is 12.2. The van der Waals surface area contributed by atoms with Gasteiger partial charge in [0.2, 0.25) is 0 Å². The van der Waals surface area contributed by atoms with Gasteiger partial charge in [0.1, 0.15) is 0 Å². The lowest BCUT2D eigenvalue weighted by Gasteiger charge is -2.36. The van der Waals surface area contributed by atoms with E-state index in [-0.39, 0.29) is 16.8 Å². The minimum absolute atomic E-state index is 0.0653. The Hall–Kier alpha value is -1.58. The van der Waals surface area contributed by atoms with E-state index in [2.05, 4.69) is 19.1 Å². The van der Waals surface area contributed by atoms with Crippen LogP contribution in [0.1, 0.15) is 41.0 Å². The van der Waals surface area contributed by atoms with Gasteiger partial charge >= 0.3 is 5.97 Å². The molecule has 0 unspecified atom stereocenters. The normalized spacial score (nSPS) is 13.4. The highest BCUT2D eigenvalue weighted by Gasteiger charge is 2.24. The first-order chi connectivity index (χ1) is 8.15. The molecule has 18 heavy (non-hydrogen) atoms. The van der Waals surface area contributed by atoms with Crippen molar-refractivity contribution in [1.29, 1.82) is 5.41 Å². The van der Waals surface area contributed by atoms with Gasteiger partial charge in [-0.25, -0.2) is 4.79 Å². The second-order valence-electron chi connectivity index (χ2n) is 4.91. The van der Waals surface area contributed by atoms with Crippen LogP contribution in [0.5, 0.6) is 0 Å². The molecule has 0 amide bonds. The van der Waals surface area contributed by atoms with Gasteiger partial charge in [0.05, 0.1) is 11.1 Å². The summed E-state index contributed by atoms with van der Waals surface area (Å²) in [7, 11) is 1.85. The molecule has 4 heteroatoms. The summed E-state index contributed by atoms with van der Waals surface area (Å²) in [6, 6.07) is 0. The fourth-order valence-corrected chi connectivity index (χ4v) is 1.70. The Morgan fingerprint density at radius 2 is 1.89 bits per heavy atom. The molecule has 0 saturated carbocycles. The lowest BCUT2D eigenvalue weighted by atomic mass is 9.99. The second-order valence-corrected chi connectivity index (χ2v) is 4.91. The number of carboxylic acids is 1. The molecular weight excluding hydrogens is 228 g/mol. The van der Waals surface area contributed by atoms with Gasteiger partial charge in [0.25, 0.3) is 0 Å². The van der Waals surface area contributed by atoms with Gasteiger partial charge in [-0.3, -0.25) is 0 Å². The third kappa shape index (κ3) is 4.02. The fourth-order valence-electron chi connectivity index (χ4n) is 1.70. The maximum Gasteiger partial charge on any atom is 0.339 e. The molecule has 0 aromatic heterocycles. The summed E-state index contributed by atoms with van der Waals surface area (Å²) in [6.07, 6.45) is 5.05. The van der Waals surface area contributed by atoms with Gasteiger partial charge in [-0.1, -0.05) is 19.1 Å². The summed E-state index contributed by atoms with van der Waals surface area (Å²) in [5.41, 5.74) is 0.453. The van der Waals surface area contributed by atoms with E-state index >= 15 is 0 Å². The van der Waals surface area contributed by atoms with Gasteiger partial charge in [-0.15, -0.1) is 0 Å². The van der Waals surface area contributed by atoms with Gasteiger partial charge in [0, 0.05) is 18.5 Å². The summed E-state index contributed by atoms with van der Waals surface area (Å²) < 4.78 is 0. The van der Waals surface area contributed by atoms with Gasteiger partial charge < -0.3 is 15.4 Å². The van der Waals surface area contributed by atoms with E-state index in [1.807, 2.05) is 25.8 Å². The van der Waals surface area contributed by atoms with Crippen LogP contribution in [0.15, 0.2) is 23.4 Å². The molecule has 0 fully saturated rings. The molecule has 0 atom stereocenters. The Balaban J connectivity index is 5.48. The Bertz CT molecular complexity index is 377. The van der Waals surface area contributed by atoms with Crippen LogP contribution in [-0.4, -0.2) is 34.3 Å². The van der Waals surface area contributed by atoms with Crippen molar-refractivity contribution < 1.29 is 9.90 Å². The number of nitrogens with one attached hydrogen (secondary N) is 1. The van der Waals surface area contributed by atoms with Gasteiger partial charge in [-0.05, 0) is 34.1 Å². The number of rotatable bonds is 6. The highest BCUT2D eigenvalue weighted by molar-refractivity contribution is 6.17. The Morgan fingerprint density at radius 3 is 2.22 bits per heavy atom. The predicted molar refractivity (Wildman–Crippen MR) is 75.0 cm³/mol. The molecule has 0 bridgehead atoms. The monoisotopic (exact) mass is 252 g/mol. The molecule has 0 aliphatic carbocycles. The molecule has 4 nitrogen and oxygen atoms in total. The molecule has 2 N–H and O–H groups in total. The lowest BCUT2D eigenvalue weighted by molar-refractivity contribution is -0.132. The molecule has 0 radical (unpaired) electrons. The van der Waals surface area contributed by atoms with E-state index in [4.69, 9.17) is 10.5 Å². The van der Waals surface area contributed by atoms with Crippen LogP contribution in [0, 0.1) is 5.41 Å². The molecule has 102 valence electrons. The number of hydrogen-bond acceptors (Lipinski definition) is 3. The zero-order chi connectivity index (χ0) is 14.5. The van der Waals surface area contributed by atoms with Gasteiger partial charge in [-0.2, -0.15) is 0 Å². The van der Waals surface area contributed by atoms with E-state index in [1.54, 1.807) is 6.92 Å². The molecular formula is C14H24N2O2. The number of allylic oxidation sites excluding steroid dienone is 2. The summed E-state index contributed by atoms with van der Waals surface area (Å²) in [6.45, 7) is 9.32. The zero-order valence-corrected chi connectivity index (χ0v) is 12.2. The van der Waals surface area contributed by atoms with Crippen molar-refractivity contribution >= 4 is 11.7 Å². The predicted octanol–water partition coefficient (Wildman–Crippen LogP) is 3.06. The summed E-state index contributed by atoms with van der Waals surface area (Å²) >= 11 is 0. The van der Waals surface area contributed by atoms with Crippen LogP contribution < -0.4 is 0 Å². The molecule has 0 heterocycles. The van der Waals surface area contributed by atoms with Crippen molar-refractivity contribution in [1.82, 2.24) is 4.90 Å². The smallest absolute Gasteiger partial charge is 0.339 e. The average molecular weight is 252 g/mol. The summed E-state index contributed by atoms with van der Waals surface area (Å²) in [5, 5.41) is 16.7. The molecule has 0 spiro atoms. The first-order valence-electron chi connectivity index (χ1n) is 6.06. The molecule has 0 aliphatic heterocycles. The first-order valence-corrected chi connectivity index (χ1v) is 6.06. The summed E-state index contributed by atoms with van der Waals surface area (Å²) in [5.74, 6) is -1.05. The van der Waals surface area contributed by atoms with E-state index in [0.717, 1.165) is 6.42 Å². The van der Waals surface area contributed by atoms with Crippen molar-refractivity contribution in [3.8, 4) is 0 Å². The van der Waals surface area contributed by atoms with Crippen LogP contribution in [-0.2, 0) is 4.79 Å². The molecule has 0 aromatic carbocycles. The SMILES string of the molecule is CC/C=C\C(C)(C)N(C)/C(C)=C(\C(C)=N)C(=O)O. The molecule has 0 saturated heterocycles. The maximum absolute atomic E-state index is 11.2. The number of likely N-dealkylation sites (N-methyl/N-ethyl adjacent to an activating group) is 1. The van der Waals surface area contributed by atoms with E-state index in [9.17, 15) is 4.79 Å². The Morgan fingerprint density at radius 1 is 1.39 bits per heavy atom. The van der Waals surface area contributed by atoms with Crippen molar-refractivity contribution in [3.63, 3.8) is 0 Å². The first kappa shape index (κ1) is 16.4. The number of carboxylic acid groups (broad SMARTS) is 1. The fraction of sp³-hybridized carbons (Fsp3) is 0.571. The minimum atomic E-state index is -1.05. The van der Waals surface area contributed by atoms with Gasteiger partial charge in [0.15, 0.2) is 0 Å². The summed E-state index contributed by atoms with van der Waals surface area (Å²) in [4.78, 5) is 13.1. The number of hydrogen-bond donors (Lipinski definition) is 2. The molecule has 0 aliphatic rings. The van der Waals surface area contributed by atoms with Crippen LogP contribution in [0.25, 0.3) is 0 Å². The highest BCUT2D eigenvalue weighted by Crippen LogP contribution is 2.22. The molecule has 0 rings (SSSR count). The van der Waals surface area contributed by atoms with Crippen LogP contribution >= 0.6 is 0 Å². The Kier molecular flexibility index (Phi) is 5.82. The van der Waals surface area contributed by atoms with Crippen LogP contribution in [0.3, 0.4) is 0 Å². The maximum atomic E-state index is 11.2. The largest absolute Gasteiger partial charge is 0.478 e. The second kappa shape index (κ2) is 6.38. The van der Waals surface area contributed by atoms with E-state index < -0.39 is 5.97 Å². The highest BCUT2D eigenvalue weighted by atomic mass is 16.4. The van der Waals surface area contributed by atoms with E-state index in [0.29, 0.717) is 5.70 Å². The number of nitrogens with zero attached hydrogens (tertiary/aromatic N) is 1. The van der Waals surface area contributed by atoms with E-state index in [1.165, 1.54) is 6.92 Å². The molecule has 0 aromatic rings. The quantitative estimate of drug-likeness (QED) is 0.434. The number of aliphatic carboxylic acids is 1. The van der Waals surface area contributed by atoms with Crippen molar-refractivity contribution in [3.05, 3.63) is 23.4 Å².